The van der Waals surface area contributed by atoms with E-state index in [0.29, 0.717) is 17.1 Å². The van der Waals surface area contributed by atoms with E-state index < -0.39 is 21.6 Å². The molecule has 2 aromatic rings. The SMILES string of the molecule is CCc1ccc(N(CCCC(=O)N(Cc2cccc(Cl)c2)[C@@H](C)C(=O)NC(C)(C)C)S(C)(=O)=O)cc1. The van der Waals surface area contributed by atoms with E-state index >= 15 is 0 Å². The highest BCUT2D eigenvalue weighted by Crippen LogP contribution is 2.21. The van der Waals surface area contributed by atoms with Crippen molar-refractivity contribution >= 4 is 39.1 Å². The Labute approximate surface area is 220 Å². The second-order valence-corrected chi connectivity index (χ2v) is 12.4. The van der Waals surface area contributed by atoms with Gasteiger partial charge in [-0.1, -0.05) is 42.8 Å². The second kappa shape index (κ2) is 12.6. The van der Waals surface area contributed by atoms with Crippen LogP contribution in [0, 0.1) is 0 Å². The van der Waals surface area contributed by atoms with Crippen molar-refractivity contribution < 1.29 is 18.0 Å². The van der Waals surface area contributed by atoms with Gasteiger partial charge in [0.25, 0.3) is 0 Å². The number of aryl methyl sites for hydroxylation is 1. The van der Waals surface area contributed by atoms with Gasteiger partial charge in [0.15, 0.2) is 0 Å². The Bertz CT molecular complexity index is 1140. The monoisotopic (exact) mass is 535 g/mol. The van der Waals surface area contributed by atoms with Crippen molar-refractivity contribution in [3.63, 3.8) is 0 Å². The Kier molecular flexibility index (Phi) is 10.4. The minimum absolute atomic E-state index is 0.0900. The maximum absolute atomic E-state index is 13.3. The molecule has 0 saturated heterocycles. The fourth-order valence-corrected chi connectivity index (χ4v) is 4.97. The normalized spacial score (nSPS) is 12.6. The molecular formula is C27H38ClN3O4S. The molecule has 0 unspecified atom stereocenters. The van der Waals surface area contributed by atoms with E-state index in [1.54, 1.807) is 37.3 Å². The highest BCUT2D eigenvalue weighted by atomic mass is 35.5. The van der Waals surface area contributed by atoms with E-state index in [4.69, 9.17) is 11.6 Å². The number of nitrogens with one attached hydrogen (secondary N) is 1. The number of anilines is 1. The molecule has 0 heterocycles. The van der Waals surface area contributed by atoms with Crippen molar-refractivity contribution in [1.82, 2.24) is 10.2 Å². The topological polar surface area (TPSA) is 86.8 Å². The lowest BCUT2D eigenvalue weighted by molar-refractivity contribution is -0.141. The third-order valence-electron chi connectivity index (χ3n) is 5.69. The molecule has 2 amide bonds. The molecule has 36 heavy (non-hydrogen) atoms. The Morgan fingerprint density at radius 2 is 1.69 bits per heavy atom. The molecule has 0 aliphatic rings. The lowest BCUT2D eigenvalue weighted by Crippen LogP contribution is -2.52. The van der Waals surface area contributed by atoms with Crippen LogP contribution in [0.3, 0.4) is 0 Å². The molecule has 9 heteroatoms. The maximum atomic E-state index is 13.3. The van der Waals surface area contributed by atoms with Crippen LogP contribution in [-0.4, -0.2) is 49.5 Å². The van der Waals surface area contributed by atoms with Crippen LogP contribution in [0.15, 0.2) is 48.5 Å². The molecule has 0 fully saturated rings. The van der Waals surface area contributed by atoms with E-state index in [0.717, 1.165) is 23.8 Å². The number of hydrogen-bond donors (Lipinski definition) is 1. The third kappa shape index (κ3) is 9.13. The van der Waals surface area contributed by atoms with Crippen LogP contribution in [0.2, 0.25) is 5.02 Å². The summed E-state index contributed by atoms with van der Waals surface area (Å²) in [5.74, 6) is -0.493. The molecule has 0 aliphatic carbocycles. The average molecular weight is 536 g/mol. The number of amides is 2. The van der Waals surface area contributed by atoms with Gasteiger partial charge in [-0.3, -0.25) is 13.9 Å². The van der Waals surface area contributed by atoms with Crippen LogP contribution in [0.1, 0.15) is 58.6 Å². The summed E-state index contributed by atoms with van der Waals surface area (Å²) in [5.41, 5.74) is 2.04. The minimum Gasteiger partial charge on any atom is -0.350 e. The molecule has 2 aromatic carbocycles. The molecular weight excluding hydrogens is 498 g/mol. The first-order valence-electron chi connectivity index (χ1n) is 12.1. The Balaban J connectivity index is 2.18. The number of halogens is 1. The summed E-state index contributed by atoms with van der Waals surface area (Å²) in [5, 5.41) is 3.48. The quantitative estimate of drug-likeness (QED) is 0.448. The van der Waals surface area contributed by atoms with Crippen LogP contribution in [0.4, 0.5) is 5.69 Å². The zero-order valence-electron chi connectivity index (χ0n) is 22.0. The molecule has 0 radical (unpaired) electrons. The highest BCUT2D eigenvalue weighted by molar-refractivity contribution is 7.92. The molecule has 198 valence electrons. The predicted octanol–water partition coefficient (Wildman–Crippen LogP) is 4.78. The van der Waals surface area contributed by atoms with E-state index in [1.165, 1.54) is 9.21 Å². The van der Waals surface area contributed by atoms with E-state index in [9.17, 15) is 18.0 Å². The van der Waals surface area contributed by atoms with E-state index in [-0.39, 0.29) is 31.3 Å². The molecule has 2 rings (SSSR count). The molecule has 0 aliphatic heterocycles. The van der Waals surface area contributed by atoms with Crippen molar-refractivity contribution in [2.75, 3.05) is 17.1 Å². The summed E-state index contributed by atoms with van der Waals surface area (Å²) in [4.78, 5) is 27.8. The number of sulfonamides is 1. The van der Waals surface area contributed by atoms with Gasteiger partial charge in [-0.05, 0) is 75.9 Å². The van der Waals surface area contributed by atoms with Gasteiger partial charge < -0.3 is 10.2 Å². The maximum Gasteiger partial charge on any atom is 0.242 e. The van der Waals surface area contributed by atoms with Crippen molar-refractivity contribution in [2.24, 2.45) is 0 Å². The molecule has 0 saturated carbocycles. The van der Waals surface area contributed by atoms with Gasteiger partial charge in [-0.15, -0.1) is 0 Å². The molecule has 0 spiro atoms. The molecule has 1 N–H and O–H groups in total. The first-order chi connectivity index (χ1) is 16.7. The lowest BCUT2D eigenvalue weighted by atomic mass is 10.1. The van der Waals surface area contributed by atoms with Gasteiger partial charge in [-0.25, -0.2) is 8.42 Å². The Hall–Kier alpha value is -2.58. The van der Waals surface area contributed by atoms with Gasteiger partial charge in [0.1, 0.15) is 6.04 Å². The standard InChI is InChI=1S/C27H38ClN3O4S/c1-7-21-13-15-24(16-14-21)31(36(6,34)35)17-9-12-25(32)30(19-22-10-8-11-23(28)18-22)20(2)26(33)29-27(3,4)5/h8,10-11,13-16,18,20H,7,9,12,17,19H2,1-6H3,(H,29,33)/t20-/m0/s1. The van der Waals surface area contributed by atoms with Crippen molar-refractivity contribution in [2.45, 2.75) is 72.0 Å². The summed E-state index contributed by atoms with van der Waals surface area (Å²) in [6.45, 7) is 9.75. The number of benzene rings is 2. The van der Waals surface area contributed by atoms with Gasteiger partial charge >= 0.3 is 0 Å². The predicted molar refractivity (Wildman–Crippen MR) is 147 cm³/mol. The number of rotatable bonds is 11. The van der Waals surface area contributed by atoms with Crippen molar-refractivity contribution in [3.8, 4) is 0 Å². The molecule has 7 nitrogen and oxygen atoms in total. The fraction of sp³-hybridized carbons (Fsp3) is 0.481. The number of hydrogen-bond acceptors (Lipinski definition) is 4. The smallest absolute Gasteiger partial charge is 0.242 e. The third-order valence-corrected chi connectivity index (χ3v) is 7.12. The van der Waals surface area contributed by atoms with Crippen LogP contribution in [0.25, 0.3) is 0 Å². The van der Waals surface area contributed by atoms with Crippen molar-refractivity contribution in [3.05, 3.63) is 64.7 Å². The zero-order chi connectivity index (χ0) is 27.1. The number of nitrogens with zero attached hydrogens (tertiary/aromatic N) is 2. The van der Waals surface area contributed by atoms with Gasteiger partial charge in [0.05, 0.1) is 11.9 Å². The lowest BCUT2D eigenvalue weighted by Gasteiger charge is -2.32. The fourth-order valence-electron chi connectivity index (χ4n) is 3.79. The summed E-state index contributed by atoms with van der Waals surface area (Å²) in [6, 6.07) is 13.8. The summed E-state index contributed by atoms with van der Waals surface area (Å²) < 4.78 is 26.2. The Morgan fingerprint density at radius 1 is 1.06 bits per heavy atom. The first-order valence-corrected chi connectivity index (χ1v) is 14.4. The van der Waals surface area contributed by atoms with Crippen LogP contribution >= 0.6 is 11.6 Å². The van der Waals surface area contributed by atoms with Gasteiger partial charge in [0.2, 0.25) is 21.8 Å². The molecule has 0 bridgehead atoms. The largest absolute Gasteiger partial charge is 0.350 e. The first kappa shape index (κ1) is 29.6. The van der Waals surface area contributed by atoms with E-state index in [2.05, 4.69) is 5.32 Å². The average Bonchev–Trinajstić information content (AvgIpc) is 2.78. The van der Waals surface area contributed by atoms with Crippen LogP contribution in [0.5, 0.6) is 0 Å². The van der Waals surface area contributed by atoms with E-state index in [1.807, 2.05) is 45.9 Å². The summed E-state index contributed by atoms with van der Waals surface area (Å²) in [6.07, 6.45) is 2.41. The number of carbonyl (C=O) groups is 2. The molecule has 1 atom stereocenters. The summed E-state index contributed by atoms with van der Waals surface area (Å²) in [7, 11) is -3.53. The van der Waals surface area contributed by atoms with Crippen molar-refractivity contribution in [1.29, 1.82) is 0 Å². The van der Waals surface area contributed by atoms with Gasteiger partial charge in [0, 0.05) is 30.1 Å². The zero-order valence-corrected chi connectivity index (χ0v) is 23.6. The molecule has 0 aromatic heterocycles. The van der Waals surface area contributed by atoms with Gasteiger partial charge in [-0.2, -0.15) is 0 Å². The summed E-state index contributed by atoms with van der Waals surface area (Å²) >= 11 is 6.13. The van der Waals surface area contributed by atoms with Crippen LogP contribution < -0.4 is 9.62 Å². The van der Waals surface area contributed by atoms with Crippen LogP contribution in [-0.2, 0) is 32.6 Å². The Morgan fingerprint density at radius 3 is 2.22 bits per heavy atom. The number of carbonyl (C=O) groups excluding carboxylic acids is 2. The second-order valence-electron chi connectivity index (χ2n) is 10.0. The minimum atomic E-state index is -3.53. The highest BCUT2D eigenvalue weighted by Gasteiger charge is 2.28.